The summed E-state index contributed by atoms with van der Waals surface area (Å²) in [7, 11) is 1.52. The number of carbonyl (C=O) groups is 1. The highest BCUT2D eigenvalue weighted by Gasteiger charge is 2.13. The summed E-state index contributed by atoms with van der Waals surface area (Å²) in [6.45, 7) is 2.67. The van der Waals surface area contributed by atoms with Crippen molar-refractivity contribution in [3.05, 3.63) is 76.5 Å². The molecule has 0 aliphatic heterocycles. The zero-order valence-electron chi connectivity index (χ0n) is 16.7. The van der Waals surface area contributed by atoms with Gasteiger partial charge in [0.05, 0.1) is 24.5 Å². The molecule has 6 nitrogen and oxygen atoms in total. The third-order valence-corrected chi connectivity index (χ3v) is 4.73. The van der Waals surface area contributed by atoms with Gasteiger partial charge in [0.25, 0.3) is 5.91 Å². The Morgan fingerprint density at radius 3 is 2.57 bits per heavy atom. The number of methoxy groups -OCH3 is 1. The van der Waals surface area contributed by atoms with Crippen LogP contribution in [-0.4, -0.2) is 19.6 Å². The molecule has 1 heterocycles. The van der Waals surface area contributed by atoms with Crippen LogP contribution in [0, 0.1) is 0 Å². The molecule has 4 aromatic rings. The summed E-state index contributed by atoms with van der Waals surface area (Å²) in [5, 5.41) is 3.72. The van der Waals surface area contributed by atoms with Crippen molar-refractivity contribution in [2.45, 2.75) is 13.3 Å². The van der Waals surface area contributed by atoms with Crippen molar-refractivity contribution >= 4 is 33.5 Å². The Labute approximate surface area is 173 Å². The van der Waals surface area contributed by atoms with Crippen LogP contribution in [0.15, 0.2) is 69.9 Å². The van der Waals surface area contributed by atoms with Crippen molar-refractivity contribution in [2.75, 3.05) is 19.0 Å². The van der Waals surface area contributed by atoms with E-state index >= 15 is 0 Å². The first kappa shape index (κ1) is 19.5. The predicted molar refractivity (Wildman–Crippen MR) is 117 cm³/mol. The number of carbonyl (C=O) groups excluding carboxylic acids is 1. The van der Waals surface area contributed by atoms with E-state index in [0.29, 0.717) is 45.5 Å². The minimum Gasteiger partial charge on any atom is -0.494 e. The van der Waals surface area contributed by atoms with E-state index < -0.39 is 0 Å². The molecule has 0 aliphatic carbocycles. The standard InChI is InChI=1S/C24H21NO5/c1-3-13-29-17-10-7-15(8-11-17)24(27)25-16-9-12-18-21(14-16)30-23-19(22(18)26)5-4-6-20(23)28-2/h4-12,14H,3,13H2,1-2H3,(H,25,27). The quantitative estimate of drug-likeness (QED) is 0.459. The summed E-state index contributed by atoms with van der Waals surface area (Å²) in [6.07, 6.45) is 0.918. The molecule has 4 rings (SSSR count). The molecule has 0 saturated heterocycles. The van der Waals surface area contributed by atoms with Crippen molar-refractivity contribution in [1.29, 1.82) is 0 Å². The Balaban J connectivity index is 1.64. The van der Waals surface area contributed by atoms with Crippen LogP contribution in [0.4, 0.5) is 5.69 Å². The Morgan fingerprint density at radius 1 is 1.03 bits per heavy atom. The van der Waals surface area contributed by atoms with Gasteiger partial charge in [-0.2, -0.15) is 0 Å². The molecule has 0 atom stereocenters. The van der Waals surface area contributed by atoms with Gasteiger partial charge < -0.3 is 19.2 Å². The molecule has 0 bridgehead atoms. The zero-order valence-corrected chi connectivity index (χ0v) is 16.7. The third-order valence-electron chi connectivity index (χ3n) is 4.73. The number of para-hydroxylation sites is 1. The second-order valence-corrected chi connectivity index (χ2v) is 6.81. The topological polar surface area (TPSA) is 77.8 Å². The number of hydrogen-bond acceptors (Lipinski definition) is 5. The van der Waals surface area contributed by atoms with E-state index in [-0.39, 0.29) is 11.3 Å². The fraction of sp³-hybridized carbons (Fsp3) is 0.167. The molecule has 1 amide bonds. The summed E-state index contributed by atoms with van der Waals surface area (Å²) in [5.74, 6) is 0.935. The summed E-state index contributed by atoms with van der Waals surface area (Å²) in [4.78, 5) is 25.4. The molecule has 0 saturated carbocycles. The first-order valence-electron chi connectivity index (χ1n) is 9.68. The maximum absolute atomic E-state index is 12.8. The van der Waals surface area contributed by atoms with Crippen LogP contribution in [0.25, 0.3) is 21.9 Å². The van der Waals surface area contributed by atoms with Crippen molar-refractivity contribution in [3.8, 4) is 11.5 Å². The first-order chi connectivity index (χ1) is 14.6. The molecule has 0 spiro atoms. The molecule has 152 valence electrons. The third kappa shape index (κ3) is 3.72. The molecule has 0 aliphatic rings. The fourth-order valence-electron chi connectivity index (χ4n) is 3.21. The van der Waals surface area contributed by atoms with E-state index in [1.807, 2.05) is 6.92 Å². The van der Waals surface area contributed by atoms with E-state index in [2.05, 4.69) is 5.32 Å². The highest BCUT2D eigenvalue weighted by atomic mass is 16.5. The van der Waals surface area contributed by atoms with Gasteiger partial charge in [-0.15, -0.1) is 0 Å². The number of hydrogen-bond donors (Lipinski definition) is 1. The van der Waals surface area contributed by atoms with Gasteiger partial charge in [-0.05, 0) is 55.0 Å². The molecule has 1 N–H and O–H groups in total. The smallest absolute Gasteiger partial charge is 0.255 e. The van der Waals surface area contributed by atoms with E-state index in [0.717, 1.165) is 12.2 Å². The Kier molecular flexibility index (Phi) is 5.39. The maximum Gasteiger partial charge on any atom is 0.255 e. The number of benzene rings is 3. The van der Waals surface area contributed by atoms with Gasteiger partial charge in [-0.3, -0.25) is 9.59 Å². The van der Waals surface area contributed by atoms with Crippen LogP contribution in [-0.2, 0) is 0 Å². The van der Waals surface area contributed by atoms with Crippen LogP contribution < -0.4 is 20.2 Å². The monoisotopic (exact) mass is 403 g/mol. The molecule has 0 unspecified atom stereocenters. The van der Waals surface area contributed by atoms with E-state index in [1.165, 1.54) is 7.11 Å². The van der Waals surface area contributed by atoms with Crippen molar-refractivity contribution in [3.63, 3.8) is 0 Å². The van der Waals surface area contributed by atoms with Gasteiger partial charge in [-0.1, -0.05) is 13.0 Å². The van der Waals surface area contributed by atoms with Crippen LogP contribution >= 0.6 is 0 Å². The molecule has 0 fully saturated rings. The molecular weight excluding hydrogens is 382 g/mol. The molecule has 1 aromatic heterocycles. The highest BCUT2D eigenvalue weighted by Crippen LogP contribution is 2.28. The number of amides is 1. The number of anilines is 1. The van der Waals surface area contributed by atoms with Crippen molar-refractivity contribution in [1.82, 2.24) is 0 Å². The van der Waals surface area contributed by atoms with Crippen LogP contribution in [0.3, 0.4) is 0 Å². The average molecular weight is 403 g/mol. The van der Waals surface area contributed by atoms with E-state index in [4.69, 9.17) is 13.9 Å². The lowest BCUT2D eigenvalue weighted by molar-refractivity contribution is 0.102. The zero-order chi connectivity index (χ0) is 21.1. The van der Waals surface area contributed by atoms with E-state index in [1.54, 1.807) is 60.7 Å². The summed E-state index contributed by atoms with van der Waals surface area (Å²) in [6, 6.07) is 17.1. The summed E-state index contributed by atoms with van der Waals surface area (Å²) < 4.78 is 16.8. The minimum atomic E-state index is -0.267. The van der Waals surface area contributed by atoms with Gasteiger partial charge >= 0.3 is 0 Å². The fourth-order valence-corrected chi connectivity index (χ4v) is 3.21. The van der Waals surface area contributed by atoms with E-state index in [9.17, 15) is 9.59 Å². The second kappa shape index (κ2) is 8.29. The van der Waals surface area contributed by atoms with Crippen LogP contribution in [0.1, 0.15) is 23.7 Å². The molecule has 0 radical (unpaired) electrons. The van der Waals surface area contributed by atoms with Gasteiger partial charge in [0, 0.05) is 17.3 Å². The Bertz CT molecular complexity index is 1270. The predicted octanol–water partition coefficient (Wildman–Crippen LogP) is 5.00. The lowest BCUT2D eigenvalue weighted by atomic mass is 10.1. The lowest BCUT2D eigenvalue weighted by Gasteiger charge is -2.09. The first-order valence-corrected chi connectivity index (χ1v) is 9.68. The normalized spacial score (nSPS) is 10.9. The van der Waals surface area contributed by atoms with Crippen LogP contribution in [0.5, 0.6) is 11.5 Å². The molecular formula is C24H21NO5. The highest BCUT2D eigenvalue weighted by molar-refractivity contribution is 6.05. The van der Waals surface area contributed by atoms with Gasteiger partial charge in [0.2, 0.25) is 5.43 Å². The van der Waals surface area contributed by atoms with Crippen LogP contribution in [0.2, 0.25) is 0 Å². The summed E-state index contributed by atoms with van der Waals surface area (Å²) >= 11 is 0. The van der Waals surface area contributed by atoms with Gasteiger partial charge in [0.15, 0.2) is 11.3 Å². The minimum absolute atomic E-state index is 0.148. The largest absolute Gasteiger partial charge is 0.494 e. The molecule has 6 heteroatoms. The molecule has 30 heavy (non-hydrogen) atoms. The lowest BCUT2D eigenvalue weighted by Crippen LogP contribution is -2.12. The average Bonchev–Trinajstić information content (AvgIpc) is 2.77. The van der Waals surface area contributed by atoms with Gasteiger partial charge in [0.1, 0.15) is 11.3 Å². The number of ether oxygens (including phenoxy) is 2. The van der Waals surface area contributed by atoms with Crippen molar-refractivity contribution < 1.29 is 18.7 Å². The number of nitrogens with one attached hydrogen (secondary N) is 1. The maximum atomic E-state index is 12.8. The summed E-state index contributed by atoms with van der Waals surface area (Å²) in [5.41, 5.74) is 1.63. The number of fused-ring (bicyclic) bond motifs is 2. The van der Waals surface area contributed by atoms with Crippen molar-refractivity contribution in [2.24, 2.45) is 0 Å². The second-order valence-electron chi connectivity index (χ2n) is 6.81. The molecule has 3 aromatic carbocycles. The SMILES string of the molecule is CCCOc1ccc(C(=O)Nc2ccc3c(=O)c4cccc(OC)c4oc3c2)cc1. The number of rotatable bonds is 6. The van der Waals surface area contributed by atoms with Gasteiger partial charge in [-0.25, -0.2) is 0 Å². The Morgan fingerprint density at radius 2 is 1.83 bits per heavy atom. The Hall–Kier alpha value is -3.80.